The molecule has 0 radical (unpaired) electrons. The van der Waals surface area contributed by atoms with Crippen LogP contribution in [-0.2, 0) is 15.1 Å². The number of rotatable bonds is 5. The van der Waals surface area contributed by atoms with Gasteiger partial charge in [0.25, 0.3) is 5.91 Å². The molecule has 0 bridgehead atoms. The molecule has 26 heavy (non-hydrogen) atoms. The van der Waals surface area contributed by atoms with Gasteiger partial charge in [0, 0.05) is 5.54 Å². The van der Waals surface area contributed by atoms with Gasteiger partial charge < -0.3 is 10.6 Å². The molecule has 4 amide bonds. The molecule has 1 fully saturated rings. The number of hydrogen-bond acceptors (Lipinski definition) is 3. The largest absolute Gasteiger partial charge is 0.350 e. The zero-order chi connectivity index (χ0) is 19.8. The molecule has 1 aliphatic rings. The number of nitrogens with one attached hydrogen (secondary N) is 2. The standard InChI is InChI=1S/C20H29N3O3/c1-18(2,3)13-19(4,5)21-15(24)12-23-16(25)20(6,22-17(23)26)14-10-8-7-9-11-14/h7-11H,12-13H2,1-6H3,(H,21,24)(H,22,26). The molecule has 0 saturated carbocycles. The maximum Gasteiger partial charge on any atom is 0.325 e. The summed E-state index contributed by atoms with van der Waals surface area (Å²) in [5.74, 6) is -0.766. The second kappa shape index (κ2) is 6.74. The van der Waals surface area contributed by atoms with Crippen LogP contribution < -0.4 is 10.6 Å². The van der Waals surface area contributed by atoms with Gasteiger partial charge in [-0.05, 0) is 38.2 Å². The summed E-state index contributed by atoms with van der Waals surface area (Å²) in [5, 5.41) is 5.65. The van der Waals surface area contributed by atoms with E-state index in [9.17, 15) is 14.4 Å². The number of imide groups is 1. The third-order valence-electron chi connectivity index (χ3n) is 4.38. The van der Waals surface area contributed by atoms with Crippen molar-refractivity contribution < 1.29 is 14.4 Å². The van der Waals surface area contributed by atoms with Gasteiger partial charge in [-0.25, -0.2) is 4.79 Å². The minimum absolute atomic E-state index is 0.0451. The third-order valence-corrected chi connectivity index (χ3v) is 4.38. The van der Waals surface area contributed by atoms with Crippen molar-refractivity contribution in [2.45, 2.75) is 59.0 Å². The highest BCUT2D eigenvalue weighted by atomic mass is 16.2. The molecule has 1 heterocycles. The van der Waals surface area contributed by atoms with Gasteiger partial charge in [0.1, 0.15) is 12.1 Å². The molecular weight excluding hydrogens is 330 g/mol. The first kappa shape index (κ1) is 19.9. The molecule has 1 atom stereocenters. The Hall–Kier alpha value is -2.37. The number of carbonyl (C=O) groups is 3. The van der Waals surface area contributed by atoms with Gasteiger partial charge in [0.2, 0.25) is 5.91 Å². The van der Waals surface area contributed by atoms with E-state index in [-0.39, 0.29) is 17.9 Å². The van der Waals surface area contributed by atoms with Crippen LogP contribution in [0.15, 0.2) is 30.3 Å². The predicted molar refractivity (Wildman–Crippen MR) is 100 cm³/mol. The molecule has 6 nitrogen and oxygen atoms in total. The number of benzene rings is 1. The zero-order valence-corrected chi connectivity index (χ0v) is 16.5. The van der Waals surface area contributed by atoms with Crippen LogP contribution in [0.3, 0.4) is 0 Å². The number of nitrogens with zero attached hydrogens (tertiary/aromatic N) is 1. The molecule has 0 spiro atoms. The van der Waals surface area contributed by atoms with E-state index in [1.807, 2.05) is 32.0 Å². The second-order valence-electron chi connectivity index (χ2n) is 8.98. The highest BCUT2D eigenvalue weighted by Crippen LogP contribution is 2.29. The van der Waals surface area contributed by atoms with Crippen molar-refractivity contribution in [2.24, 2.45) is 5.41 Å². The fourth-order valence-electron chi connectivity index (χ4n) is 3.74. The van der Waals surface area contributed by atoms with Crippen molar-refractivity contribution in [1.29, 1.82) is 0 Å². The normalized spacial score (nSPS) is 20.9. The van der Waals surface area contributed by atoms with E-state index in [4.69, 9.17) is 0 Å². The molecule has 0 aliphatic carbocycles. The SMILES string of the molecule is CC(C)(C)CC(C)(C)NC(=O)CN1C(=O)NC(C)(c2ccccc2)C1=O. The lowest BCUT2D eigenvalue weighted by molar-refractivity contribution is -0.135. The highest BCUT2D eigenvalue weighted by molar-refractivity contribution is 6.09. The van der Waals surface area contributed by atoms with Crippen LogP contribution in [0, 0.1) is 5.41 Å². The zero-order valence-electron chi connectivity index (χ0n) is 16.5. The number of hydrogen-bond donors (Lipinski definition) is 2. The highest BCUT2D eigenvalue weighted by Gasteiger charge is 2.49. The van der Waals surface area contributed by atoms with Gasteiger partial charge >= 0.3 is 6.03 Å². The first-order valence-electron chi connectivity index (χ1n) is 8.85. The van der Waals surface area contributed by atoms with Gasteiger partial charge in [-0.3, -0.25) is 14.5 Å². The number of amides is 4. The Morgan fingerprint density at radius 2 is 1.69 bits per heavy atom. The van der Waals surface area contributed by atoms with Gasteiger partial charge in [-0.15, -0.1) is 0 Å². The summed E-state index contributed by atoms with van der Waals surface area (Å²) in [5.41, 5.74) is -0.852. The summed E-state index contributed by atoms with van der Waals surface area (Å²) < 4.78 is 0. The van der Waals surface area contributed by atoms with Crippen molar-refractivity contribution in [3.8, 4) is 0 Å². The van der Waals surface area contributed by atoms with Crippen LogP contribution in [0.4, 0.5) is 4.79 Å². The topological polar surface area (TPSA) is 78.5 Å². The van der Waals surface area contributed by atoms with Gasteiger partial charge in [0.05, 0.1) is 0 Å². The Bertz CT molecular complexity index is 707. The van der Waals surface area contributed by atoms with E-state index in [1.54, 1.807) is 19.1 Å². The van der Waals surface area contributed by atoms with Crippen molar-refractivity contribution in [1.82, 2.24) is 15.5 Å². The Balaban J connectivity index is 2.09. The van der Waals surface area contributed by atoms with Crippen LogP contribution >= 0.6 is 0 Å². The van der Waals surface area contributed by atoms with Gasteiger partial charge in [0.15, 0.2) is 0 Å². The first-order valence-corrected chi connectivity index (χ1v) is 8.85. The summed E-state index contributed by atoms with van der Waals surface area (Å²) >= 11 is 0. The second-order valence-corrected chi connectivity index (χ2v) is 8.98. The molecule has 1 saturated heterocycles. The quantitative estimate of drug-likeness (QED) is 0.794. The van der Waals surface area contributed by atoms with E-state index < -0.39 is 23.0 Å². The Labute approximate surface area is 155 Å². The first-order chi connectivity index (χ1) is 11.8. The summed E-state index contributed by atoms with van der Waals surface area (Å²) in [6.45, 7) is 11.5. The van der Waals surface area contributed by atoms with Crippen LogP contribution in [0.25, 0.3) is 0 Å². The maximum atomic E-state index is 12.8. The fraction of sp³-hybridized carbons (Fsp3) is 0.550. The average molecular weight is 359 g/mol. The summed E-state index contributed by atoms with van der Waals surface area (Å²) in [6, 6.07) is 8.48. The molecule has 6 heteroatoms. The molecule has 2 rings (SSSR count). The molecule has 1 aromatic rings. The van der Waals surface area contributed by atoms with E-state index in [0.717, 1.165) is 11.3 Å². The Kier molecular flexibility index (Phi) is 5.17. The Morgan fingerprint density at radius 3 is 2.23 bits per heavy atom. The van der Waals surface area contributed by atoms with E-state index >= 15 is 0 Å². The molecular formula is C20H29N3O3. The molecule has 0 aromatic heterocycles. The lowest BCUT2D eigenvalue weighted by Gasteiger charge is -2.33. The molecule has 1 unspecified atom stereocenters. The van der Waals surface area contributed by atoms with Crippen LogP contribution in [-0.4, -0.2) is 34.8 Å². The van der Waals surface area contributed by atoms with E-state index in [1.165, 1.54) is 0 Å². The smallest absolute Gasteiger partial charge is 0.325 e. The third kappa shape index (κ3) is 4.42. The van der Waals surface area contributed by atoms with Crippen molar-refractivity contribution >= 4 is 17.8 Å². The molecule has 2 N–H and O–H groups in total. The van der Waals surface area contributed by atoms with Gasteiger partial charge in [-0.2, -0.15) is 0 Å². The summed E-state index contributed by atoms with van der Waals surface area (Å²) in [7, 11) is 0. The maximum absolute atomic E-state index is 12.8. The van der Waals surface area contributed by atoms with E-state index in [0.29, 0.717) is 5.56 Å². The van der Waals surface area contributed by atoms with Crippen LogP contribution in [0.1, 0.15) is 53.5 Å². The summed E-state index contributed by atoms with van der Waals surface area (Å²) in [6.07, 6.45) is 0.771. The minimum Gasteiger partial charge on any atom is -0.350 e. The van der Waals surface area contributed by atoms with Crippen molar-refractivity contribution in [3.63, 3.8) is 0 Å². The van der Waals surface area contributed by atoms with Crippen LogP contribution in [0.5, 0.6) is 0 Å². The monoisotopic (exact) mass is 359 g/mol. The summed E-state index contributed by atoms with van der Waals surface area (Å²) in [4.78, 5) is 38.6. The van der Waals surface area contributed by atoms with E-state index in [2.05, 4.69) is 31.4 Å². The number of carbonyl (C=O) groups excluding carboxylic acids is 3. The predicted octanol–water partition coefficient (Wildman–Crippen LogP) is 2.78. The average Bonchev–Trinajstić information content (AvgIpc) is 2.69. The number of urea groups is 1. The van der Waals surface area contributed by atoms with Gasteiger partial charge in [-0.1, -0.05) is 51.1 Å². The molecule has 142 valence electrons. The Morgan fingerprint density at radius 1 is 1.12 bits per heavy atom. The lowest BCUT2D eigenvalue weighted by Crippen LogP contribution is -2.50. The van der Waals surface area contributed by atoms with Crippen molar-refractivity contribution in [2.75, 3.05) is 6.54 Å². The molecule has 1 aromatic carbocycles. The lowest BCUT2D eigenvalue weighted by atomic mass is 9.82. The van der Waals surface area contributed by atoms with Crippen molar-refractivity contribution in [3.05, 3.63) is 35.9 Å². The minimum atomic E-state index is -1.15. The van der Waals surface area contributed by atoms with Crippen LogP contribution in [0.2, 0.25) is 0 Å². The fourth-order valence-corrected chi connectivity index (χ4v) is 3.74. The molecule has 1 aliphatic heterocycles.